The van der Waals surface area contributed by atoms with E-state index in [1.807, 2.05) is 0 Å². The lowest BCUT2D eigenvalue weighted by Gasteiger charge is -2.27. The van der Waals surface area contributed by atoms with Crippen LogP contribution in [0.15, 0.2) is 23.8 Å². The van der Waals surface area contributed by atoms with E-state index in [0.717, 1.165) is 10.9 Å². The van der Waals surface area contributed by atoms with E-state index in [0.29, 0.717) is 11.2 Å². The number of thiol groups is 1. The van der Waals surface area contributed by atoms with E-state index >= 15 is 4.39 Å². The molecular weight excluding hydrogens is 669 g/mol. The SMILES string of the molecule is Nc1nc2c(ncn2[C@@H]2O[C@@H]3COP(O)(=S)O[C@@H]4CC(COP(=O)(S)O[C@H]3[C@H]2F)O[C@H]4n2cnc3c(N)ncnc32)c(=O)[nH]1. The first-order chi connectivity index (χ1) is 20.9. The van der Waals surface area contributed by atoms with Crippen LogP contribution in [0.25, 0.3) is 22.3 Å². The molecule has 4 aromatic heterocycles. The third-order valence-corrected chi connectivity index (χ3v) is 10.3. The maximum absolute atomic E-state index is 16.0. The van der Waals surface area contributed by atoms with E-state index < -0.39 is 68.7 Å². The van der Waals surface area contributed by atoms with E-state index in [9.17, 15) is 14.3 Å². The van der Waals surface area contributed by atoms with Crippen LogP contribution in [0.2, 0.25) is 0 Å². The van der Waals surface area contributed by atoms with Crippen LogP contribution in [0.3, 0.4) is 0 Å². The number of nitrogens with zero attached hydrogens (tertiary/aromatic N) is 7. The van der Waals surface area contributed by atoms with Crippen molar-refractivity contribution in [3.05, 3.63) is 29.3 Å². The minimum atomic E-state index is -4.27. The Labute approximate surface area is 255 Å². The topological polar surface area (TPSA) is 252 Å². The number of halogens is 1. The molecule has 3 aliphatic rings. The molecule has 19 nitrogen and oxygen atoms in total. The van der Waals surface area contributed by atoms with Gasteiger partial charge in [-0.1, -0.05) is 12.2 Å². The molecule has 4 aromatic rings. The second-order valence-electron chi connectivity index (χ2n) is 9.99. The van der Waals surface area contributed by atoms with Crippen LogP contribution in [0.5, 0.6) is 0 Å². The van der Waals surface area contributed by atoms with Gasteiger partial charge in [-0.3, -0.25) is 28.0 Å². The van der Waals surface area contributed by atoms with Crippen molar-refractivity contribution in [1.29, 1.82) is 0 Å². The summed E-state index contributed by atoms with van der Waals surface area (Å²) in [5, 5.41) is 0. The quantitative estimate of drug-likeness (QED) is 0.143. The van der Waals surface area contributed by atoms with Gasteiger partial charge in [-0.05, 0) is 11.8 Å². The van der Waals surface area contributed by atoms with Gasteiger partial charge in [0.1, 0.15) is 30.2 Å². The Hall–Kier alpha value is -2.62. The van der Waals surface area contributed by atoms with Crippen molar-refractivity contribution >= 4 is 71.7 Å². The van der Waals surface area contributed by atoms with Gasteiger partial charge in [-0.2, -0.15) is 4.98 Å². The molecule has 0 radical (unpaired) electrons. The maximum atomic E-state index is 16.0. The molecule has 0 aromatic carbocycles. The van der Waals surface area contributed by atoms with Gasteiger partial charge in [0.15, 0.2) is 41.3 Å². The van der Waals surface area contributed by atoms with Crippen LogP contribution < -0.4 is 17.0 Å². The van der Waals surface area contributed by atoms with Gasteiger partial charge in [0.05, 0.1) is 32.0 Å². The van der Waals surface area contributed by atoms with Crippen LogP contribution in [0, 0.1) is 0 Å². The summed E-state index contributed by atoms with van der Waals surface area (Å²) >= 11 is 9.33. The first-order valence-electron chi connectivity index (χ1n) is 12.8. The molecule has 2 bridgehead atoms. The number of nitrogens with one attached hydrogen (secondary N) is 1. The van der Waals surface area contributed by atoms with Crippen LogP contribution in [0.4, 0.5) is 16.2 Å². The van der Waals surface area contributed by atoms with Crippen LogP contribution in [0.1, 0.15) is 18.9 Å². The van der Waals surface area contributed by atoms with Crippen LogP contribution in [-0.4, -0.2) is 87.7 Å². The lowest BCUT2D eigenvalue weighted by atomic mass is 10.1. The number of aromatic amines is 1. The zero-order valence-corrected chi connectivity index (χ0v) is 25.5. The minimum Gasteiger partial charge on any atom is -0.382 e. The number of rotatable bonds is 2. The average Bonchev–Trinajstić information content (AvgIpc) is 3.72. The average molecular weight is 693 g/mol. The van der Waals surface area contributed by atoms with Crippen molar-refractivity contribution in [3.8, 4) is 0 Å². The number of anilines is 2. The summed E-state index contributed by atoms with van der Waals surface area (Å²) in [7, 11) is 0. The standard InChI is InChI=1S/C20H23FN10O9P2S2/c21-10-13-9(38-19(10)31-6-27-12-16(31)28-20(23)29-17(12)32)3-36-41(33,43)39-8-1-7(2-35-42(34,44)40-13)37-18(8)30-5-26-11-14(22)24-4-25-15(11)30/h4-10,13,18-19H,1-3H2,(H,33,43)(H,34,44)(H2,22,24,25)(H3,23,28,29,32)/t7?,8-,9-,10-,13-,18-,19-,41?,42?/m1/s1. The second kappa shape index (κ2) is 11.0. The predicted molar refractivity (Wildman–Crippen MR) is 154 cm³/mol. The molecule has 9 atom stereocenters. The molecule has 7 heterocycles. The molecule has 24 heteroatoms. The zero-order valence-electron chi connectivity index (χ0n) is 22.0. The fourth-order valence-corrected chi connectivity index (χ4v) is 8.20. The Balaban J connectivity index is 1.19. The van der Waals surface area contributed by atoms with E-state index in [4.69, 9.17) is 50.8 Å². The lowest BCUT2D eigenvalue weighted by Crippen LogP contribution is -2.34. The summed E-state index contributed by atoms with van der Waals surface area (Å²) in [4.78, 5) is 45.9. The highest BCUT2D eigenvalue weighted by Crippen LogP contribution is 2.58. The molecule has 3 fully saturated rings. The molecule has 0 amide bonds. The lowest BCUT2D eigenvalue weighted by molar-refractivity contribution is -0.0583. The number of aromatic nitrogens is 8. The van der Waals surface area contributed by atoms with Gasteiger partial charge < -0.3 is 34.9 Å². The highest BCUT2D eigenvalue weighted by molar-refractivity contribution is 8.44. The number of fused-ring (bicyclic) bond motifs is 5. The van der Waals surface area contributed by atoms with Gasteiger partial charge in [-0.15, -0.1) is 0 Å². The molecule has 6 N–H and O–H groups in total. The smallest absolute Gasteiger partial charge is 0.382 e. The highest BCUT2D eigenvalue weighted by Gasteiger charge is 2.52. The number of ether oxygens (including phenoxy) is 2. The molecule has 44 heavy (non-hydrogen) atoms. The number of nitrogen functional groups attached to an aromatic ring is 2. The first kappa shape index (κ1) is 30.1. The number of hydrogen-bond acceptors (Lipinski definition) is 16. The molecule has 7 rings (SSSR count). The number of imidazole rings is 2. The first-order valence-corrected chi connectivity index (χ1v) is 18.1. The van der Waals surface area contributed by atoms with Crippen molar-refractivity contribution in [2.75, 3.05) is 24.7 Å². The third kappa shape index (κ3) is 5.43. The molecule has 236 valence electrons. The van der Waals surface area contributed by atoms with Crippen molar-refractivity contribution in [3.63, 3.8) is 0 Å². The van der Waals surface area contributed by atoms with Crippen molar-refractivity contribution in [2.24, 2.45) is 0 Å². The Morgan fingerprint density at radius 1 is 1.02 bits per heavy atom. The largest absolute Gasteiger partial charge is 0.386 e. The van der Waals surface area contributed by atoms with Gasteiger partial charge >= 0.3 is 13.5 Å². The maximum Gasteiger partial charge on any atom is 0.386 e. The predicted octanol–water partition coefficient (Wildman–Crippen LogP) is 0.719. The van der Waals surface area contributed by atoms with E-state index in [2.05, 4.69) is 42.2 Å². The molecular formula is C20H23FN10O9P2S2. The van der Waals surface area contributed by atoms with E-state index in [1.165, 1.54) is 17.2 Å². The fourth-order valence-electron chi connectivity index (χ4n) is 5.26. The second-order valence-corrected chi connectivity index (χ2v) is 15.7. The number of hydrogen-bond donors (Lipinski definition) is 5. The van der Waals surface area contributed by atoms with E-state index in [-0.39, 0.29) is 36.0 Å². The normalized spacial score (nSPS) is 36.6. The van der Waals surface area contributed by atoms with Crippen LogP contribution >= 0.6 is 25.8 Å². The summed E-state index contributed by atoms with van der Waals surface area (Å²) in [6.07, 6.45) is -5.24. The Kier molecular flexibility index (Phi) is 7.53. The minimum absolute atomic E-state index is 0.0756. The third-order valence-electron chi connectivity index (χ3n) is 7.15. The van der Waals surface area contributed by atoms with Crippen molar-refractivity contribution in [2.45, 2.75) is 49.5 Å². The Morgan fingerprint density at radius 3 is 2.57 bits per heavy atom. The molecule has 0 aliphatic carbocycles. The number of alkyl halides is 1. The molecule has 3 unspecified atom stereocenters. The molecule has 0 saturated carbocycles. The van der Waals surface area contributed by atoms with Crippen molar-refractivity contribution in [1.82, 2.24) is 39.0 Å². The summed E-state index contributed by atoms with van der Waals surface area (Å²) in [6, 6.07) is 0. The molecule has 3 saturated heterocycles. The van der Waals surface area contributed by atoms with Crippen LogP contribution in [-0.2, 0) is 43.9 Å². The summed E-state index contributed by atoms with van der Waals surface area (Å²) in [5.41, 5.74) is 11.4. The Morgan fingerprint density at radius 2 is 1.77 bits per heavy atom. The van der Waals surface area contributed by atoms with Gasteiger partial charge in [0.25, 0.3) is 5.56 Å². The zero-order chi connectivity index (χ0) is 31.0. The summed E-state index contributed by atoms with van der Waals surface area (Å²) in [5.74, 6) is -0.0960. The number of nitrogens with two attached hydrogens (primary N) is 2. The number of H-pyrrole nitrogens is 1. The molecule has 3 aliphatic heterocycles. The fraction of sp³-hybridized carbons (Fsp3) is 0.500. The highest BCUT2D eigenvalue weighted by atomic mass is 32.7. The van der Waals surface area contributed by atoms with E-state index in [1.54, 1.807) is 0 Å². The summed E-state index contributed by atoms with van der Waals surface area (Å²) < 4.78 is 66.4. The van der Waals surface area contributed by atoms with Gasteiger partial charge in [0.2, 0.25) is 5.95 Å². The summed E-state index contributed by atoms with van der Waals surface area (Å²) in [6.45, 7) is -9.22. The van der Waals surface area contributed by atoms with Gasteiger partial charge in [-0.25, -0.2) is 28.9 Å². The monoisotopic (exact) mass is 692 g/mol. The van der Waals surface area contributed by atoms with Gasteiger partial charge in [0, 0.05) is 6.42 Å². The van der Waals surface area contributed by atoms with Crippen molar-refractivity contribution < 1.29 is 41.4 Å². The molecule has 0 spiro atoms. The Bertz CT molecular complexity index is 1910.